The maximum absolute atomic E-state index is 5.75. The van der Waals surface area contributed by atoms with Gasteiger partial charge in [0.25, 0.3) is 0 Å². The van der Waals surface area contributed by atoms with Crippen LogP contribution in [0.3, 0.4) is 0 Å². The fourth-order valence-corrected chi connectivity index (χ4v) is 2.36. The Morgan fingerprint density at radius 2 is 1.75 bits per heavy atom. The SMILES string of the molecule is CCCC(CN)CCCCCC(C)C1NN1. The van der Waals surface area contributed by atoms with E-state index in [0.717, 1.165) is 18.4 Å². The first-order chi connectivity index (χ1) is 7.77. The molecule has 1 aliphatic heterocycles. The Morgan fingerprint density at radius 3 is 2.31 bits per heavy atom. The number of hydrogen-bond donors (Lipinski definition) is 3. The monoisotopic (exact) mass is 227 g/mol. The molecule has 0 aromatic rings. The largest absolute Gasteiger partial charge is 0.330 e. The van der Waals surface area contributed by atoms with Crippen LogP contribution in [-0.2, 0) is 0 Å². The lowest BCUT2D eigenvalue weighted by molar-refractivity contribution is 0.415. The van der Waals surface area contributed by atoms with Crippen LogP contribution in [0.4, 0.5) is 0 Å². The number of rotatable bonds is 10. The highest BCUT2D eigenvalue weighted by Crippen LogP contribution is 2.18. The minimum atomic E-state index is 0.594. The minimum Gasteiger partial charge on any atom is -0.330 e. The summed E-state index contributed by atoms with van der Waals surface area (Å²) in [5.74, 6) is 1.55. The topological polar surface area (TPSA) is 69.9 Å². The maximum Gasteiger partial charge on any atom is 0.0858 e. The van der Waals surface area contributed by atoms with Crippen LogP contribution >= 0.6 is 0 Å². The highest BCUT2D eigenvalue weighted by atomic mass is 15.6. The average molecular weight is 227 g/mol. The summed E-state index contributed by atoms with van der Waals surface area (Å²) in [5.41, 5.74) is 12.1. The zero-order chi connectivity index (χ0) is 11.8. The zero-order valence-electron chi connectivity index (χ0n) is 11.0. The second-order valence-electron chi connectivity index (χ2n) is 5.27. The summed E-state index contributed by atoms with van der Waals surface area (Å²) < 4.78 is 0. The molecule has 0 saturated carbocycles. The molecule has 1 aliphatic rings. The van der Waals surface area contributed by atoms with Gasteiger partial charge in [-0.25, -0.2) is 10.9 Å². The molecule has 3 nitrogen and oxygen atoms in total. The van der Waals surface area contributed by atoms with E-state index < -0.39 is 0 Å². The summed E-state index contributed by atoms with van der Waals surface area (Å²) in [6, 6.07) is 0. The van der Waals surface area contributed by atoms with Gasteiger partial charge in [-0.2, -0.15) is 0 Å². The first-order valence-corrected chi connectivity index (χ1v) is 6.99. The van der Waals surface area contributed by atoms with Gasteiger partial charge in [0.05, 0.1) is 6.17 Å². The second-order valence-corrected chi connectivity index (χ2v) is 5.27. The molecule has 16 heavy (non-hydrogen) atoms. The predicted octanol–water partition coefficient (Wildman–Crippen LogP) is 2.38. The van der Waals surface area contributed by atoms with E-state index in [1.807, 2.05) is 0 Å². The smallest absolute Gasteiger partial charge is 0.0858 e. The molecule has 1 heterocycles. The van der Waals surface area contributed by atoms with E-state index in [0.29, 0.717) is 6.17 Å². The summed E-state index contributed by atoms with van der Waals surface area (Å²) in [7, 11) is 0. The number of unbranched alkanes of at least 4 members (excludes halogenated alkanes) is 2. The summed E-state index contributed by atoms with van der Waals surface area (Å²) in [4.78, 5) is 0. The summed E-state index contributed by atoms with van der Waals surface area (Å²) >= 11 is 0. The van der Waals surface area contributed by atoms with Gasteiger partial charge in [0.15, 0.2) is 0 Å². The molecular weight excluding hydrogens is 198 g/mol. The Morgan fingerprint density at radius 1 is 1.06 bits per heavy atom. The molecule has 96 valence electrons. The van der Waals surface area contributed by atoms with Gasteiger partial charge in [0, 0.05) is 0 Å². The van der Waals surface area contributed by atoms with Gasteiger partial charge in [-0.3, -0.25) is 0 Å². The van der Waals surface area contributed by atoms with Crippen molar-refractivity contribution < 1.29 is 0 Å². The molecule has 1 rings (SSSR count). The van der Waals surface area contributed by atoms with Gasteiger partial charge < -0.3 is 5.73 Å². The molecule has 0 aromatic carbocycles. The number of hydrogen-bond acceptors (Lipinski definition) is 3. The Balaban J connectivity index is 1.89. The Hall–Kier alpha value is -0.120. The van der Waals surface area contributed by atoms with Crippen LogP contribution in [-0.4, -0.2) is 12.7 Å². The lowest BCUT2D eigenvalue weighted by Crippen LogP contribution is -2.14. The first kappa shape index (κ1) is 13.9. The van der Waals surface area contributed by atoms with Crippen molar-refractivity contribution in [3.05, 3.63) is 0 Å². The van der Waals surface area contributed by atoms with E-state index in [-0.39, 0.29) is 0 Å². The third kappa shape index (κ3) is 5.83. The van der Waals surface area contributed by atoms with E-state index in [2.05, 4.69) is 24.7 Å². The minimum absolute atomic E-state index is 0.594. The molecule has 0 aliphatic carbocycles. The second kappa shape index (κ2) is 8.04. The first-order valence-electron chi connectivity index (χ1n) is 6.99. The van der Waals surface area contributed by atoms with Gasteiger partial charge in [-0.1, -0.05) is 39.5 Å². The third-order valence-electron chi connectivity index (χ3n) is 3.68. The van der Waals surface area contributed by atoms with Crippen LogP contribution in [0, 0.1) is 11.8 Å². The zero-order valence-corrected chi connectivity index (χ0v) is 11.0. The van der Waals surface area contributed by atoms with Crippen molar-refractivity contribution >= 4 is 0 Å². The van der Waals surface area contributed by atoms with E-state index in [1.54, 1.807) is 0 Å². The summed E-state index contributed by atoms with van der Waals surface area (Å²) in [5, 5.41) is 0. The quantitative estimate of drug-likeness (QED) is 0.396. The van der Waals surface area contributed by atoms with Crippen LogP contribution < -0.4 is 16.6 Å². The third-order valence-corrected chi connectivity index (χ3v) is 3.68. The van der Waals surface area contributed by atoms with E-state index in [9.17, 15) is 0 Å². The molecule has 0 bridgehead atoms. The summed E-state index contributed by atoms with van der Waals surface area (Å²) in [6.45, 7) is 5.44. The molecule has 1 fully saturated rings. The van der Waals surface area contributed by atoms with Crippen LogP contribution in [0.25, 0.3) is 0 Å². The van der Waals surface area contributed by atoms with Crippen molar-refractivity contribution in [1.82, 2.24) is 10.9 Å². The normalized spacial score (nSPS) is 19.7. The molecule has 1 saturated heterocycles. The van der Waals surface area contributed by atoms with Crippen LogP contribution in [0.1, 0.15) is 58.8 Å². The average Bonchev–Trinajstić information content (AvgIpc) is 3.10. The van der Waals surface area contributed by atoms with Crippen molar-refractivity contribution in [2.45, 2.75) is 65.0 Å². The number of nitrogens with two attached hydrogens (primary N) is 1. The van der Waals surface area contributed by atoms with Crippen molar-refractivity contribution in [3.8, 4) is 0 Å². The molecule has 0 spiro atoms. The van der Waals surface area contributed by atoms with Crippen LogP contribution in [0.15, 0.2) is 0 Å². The molecule has 0 amide bonds. The molecule has 0 aromatic heterocycles. The highest BCUT2D eigenvalue weighted by Gasteiger charge is 2.25. The lowest BCUT2D eigenvalue weighted by atomic mass is 9.95. The molecule has 4 N–H and O–H groups in total. The predicted molar refractivity (Wildman–Crippen MR) is 69.8 cm³/mol. The Labute approximate surface area is 101 Å². The summed E-state index contributed by atoms with van der Waals surface area (Å²) in [6.07, 6.45) is 9.95. The fourth-order valence-electron chi connectivity index (χ4n) is 2.36. The molecule has 2 unspecified atom stereocenters. The highest BCUT2D eigenvalue weighted by molar-refractivity contribution is 4.77. The lowest BCUT2D eigenvalue weighted by Gasteiger charge is -2.13. The van der Waals surface area contributed by atoms with Gasteiger partial charge >= 0.3 is 0 Å². The van der Waals surface area contributed by atoms with Crippen molar-refractivity contribution in [2.75, 3.05) is 6.54 Å². The van der Waals surface area contributed by atoms with Gasteiger partial charge in [0.2, 0.25) is 0 Å². The molecule has 3 heteroatoms. The van der Waals surface area contributed by atoms with Crippen molar-refractivity contribution in [1.29, 1.82) is 0 Å². The van der Waals surface area contributed by atoms with Crippen molar-refractivity contribution in [2.24, 2.45) is 17.6 Å². The maximum atomic E-state index is 5.75. The number of hydrazine groups is 1. The van der Waals surface area contributed by atoms with Gasteiger partial charge in [-0.15, -0.1) is 0 Å². The molecule has 2 atom stereocenters. The molecular formula is C13H29N3. The van der Waals surface area contributed by atoms with E-state index in [1.165, 1.54) is 44.9 Å². The van der Waals surface area contributed by atoms with Crippen molar-refractivity contribution in [3.63, 3.8) is 0 Å². The molecule has 0 radical (unpaired) electrons. The fraction of sp³-hybridized carbons (Fsp3) is 1.00. The van der Waals surface area contributed by atoms with Gasteiger partial charge in [0.1, 0.15) is 0 Å². The van der Waals surface area contributed by atoms with Gasteiger partial charge in [-0.05, 0) is 37.6 Å². The Kier molecular flexibility index (Phi) is 7.01. The van der Waals surface area contributed by atoms with Crippen LogP contribution in [0.2, 0.25) is 0 Å². The van der Waals surface area contributed by atoms with E-state index in [4.69, 9.17) is 5.73 Å². The van der Waals surface area contributed by atoms with E-state index >= 15 is 0 Å². The standard InChI is InChI=1S/C13H29N3/c1-3-7-12(10-14)9-6-4-5-8-11(2)13-15-16-13/h11-13,15-16H,3-10,14H2,1-2H3. The van der Waals surface area contributed by atoms with Crippen LogP contribution in [0.5, 0.6) is 0 Å². The number of nitrogens with one attached hydrogen (secondary N) is 2. The Bertz CT molecular complexity index is 169.